The lowest BCUT2D eigenvalue weighted by Gasteiger charge is -2.26. The minimum atomic E-state index is -1.57. The molecular weight excluding hydrogens is 468 g/mol. The topological polar surface area (TPSA) is 249 Å². The lowest BCUT2D eigenvalue weighted by molar-refractivity contribution is -0.143. The van der Waals surface area contributed by atoms with Crippen LogP contribution in [0.15, 0.2) is 24.3 Å². The van der Waals surface area contributed by atoms with Crippen molar-refractivity contribution >= 4 is 29.7 Å². The van der Waals surface area contributed by atoms with Gasteiger partial charge in [0.1, 0.15) is 29.9 Å². The highest BCUT2D eigenvalue weighted by Gasteiger charge is 2.32. The molecule has 0 spiro atoms. The number of carboxylic acids is 2. The second-order valence-electron chi connectivity index (χ2n) is 7.78. The molecule has 14 heteroatoms. The van der Waals surface area contributed by atoms with E-state index >= 15 is 0 Å². The highest BCUT2D eigenvalue weighted by molar-refractivity contribution is 5.94. The van der Waals surface area contributed by atoms with E-state index in [1.165, 1.54) is 31.2 Å². The maximum absolute atomic E-state index is 12.9. The van der Waals surface area contributed by atoms with Gasteiger partial charge in [0.25, 0.3) is 0 Å². The van der Waals surface area contributed by atoms with Crippen LogP contribution in [0.5, 0.6) is 5.75 Å². The van der Waals surface area contributed by atoms with Gasteiger partial charge in [0.05, 0.1) is 12.7 Å². The number of carboxylic acid groups (broad SMARTS) is 2. The van der Waals surface area contributed by atoms with Crippen LogP contribution in [0.25, 0.3) is 0 Å². The predicted octanol–water partition coefficient (Wildman–Crippen LogP) is -2.96. The maximum Gasteiger partial charge on any atom is 0.326 e. The second kappa shape index (κ2) is 13.8. The predicted molar refractivity (Wildman–Crippen MR) is 119 cm³/mol. The van der Waals surface area contributed by atoms with Crippen LogP contribution in [0.4, 0.5) is 0 Å². The smallest absolute Gasteiger partial charge is 0.326 e. The van der Waals surface area contributed by atoms with Gasteiger partial charge in [-0.25, -0.2) is 4.79 Å². The molecule has 194 valence electrons. The molecule has 35 heavy (non-hydrogen) atoms. The molecule has 5 unspecified atom stereocenters. The summed E-state index contributed by atoms with van der Waals surface area (Å²) >= 11 is 0. The molecule has 0 bridgehead atoms. The summed E-state index contributed by atoms with van der Waals surface area (Å²) in [6.45, 7) is 0.467. The van der Waals surface area contributed by atoms with Crippen molar-refractivity contribution in [1.29, 1.82) is 0 Å². The molecule has 1 aromatic rings. The fourth-order valence-corrected chi connectivity index (χ4v) is 2.88. The van der Waals surface area contributed by atoms with Crippen LogP contribution in [-0.4, -0.2) is 92.1 Å². The van der Waals surface area contributed by atoms with Gasteiger partial charge in [-0.3, -0.25) is 19.2 Å². The van der Waals surface area contributed by atoms with E-state index in [-0.39, 0.29) is 12.2 Å². The number of carbonyl (C=O) groups is 5. The lowest BCUT2D eigenvalue weighted by Crippen LogP contribution is -2.60. The summed E-state index contributed by atoms with van der Waals surface area (Å²) in [5, 5.41) is 53.2. The summed E-state index contributed by atoms with van der Waals surface area (Å²) in [7, 11) is 0. The number of nitrogens with two attached hydrogens (primary N) is 1. The summed E-state index contributed by atoms with van der Waals surface area (Å²) < 4.78 is 0. The number of rotatable bonds is 14. The van der Waals surface area contributed by atoms with Crippen LogP contribution in [0.2, 0.25) is 0 Å². The number of aromatic hydroxyl groups is 1. The van der Waals surface area contributed by atoms with Gasteiger partial charge in [0.2, 0.25) is 17.7 Å². The third kappa shape index (κ3) is 9.95. The molecule has 3 amide bonds. The third-order valence-electron chi connectivity index (χ3n) is 4.87. The summed E-state index contributed by atoms with van der Waals surface area (Å²) in [5.41, 5.74) is 5.86. The van der Waals surface area contributed by atoms with Crippen LogP contribution in [-0.2, 0) is 30.4 Å². The second-order valence-corrected chi connectivity index (χ2v) is 7.78. The Kier molecular flexibility index (Phi) is 11.6. The molecule has 0 radical (unpaired) electrons. The molecule has 0 aliphatic heterocycles. The number of aliphatic carboxylic acids is 2. The summed E-state index contributed by atoms with van der Waals surface area (Å²) in [6, 6.07) is -0.355. The molecule has 10 N–H and O–H groups in total. The van der Waals surface area contributed by atoms with Crippen LogP contribution in [0.1, 0.15) is 25.3 Å². The number of phenols is 1. The van der Waals surface area contributed by atoms with Crippen molar-refractivity contribution in [2.24, 2.45) is 5.73 Å². The molecule has 0 saturated carbocycles. The average molecular weight is 498 g/mol. The fraction of sp³-hybridized carbons (Fsp3) is 0.476. The van der Waals surface area contributed by atoms with Crippen LogP contribution in [0.3, 0.4) is 0 Å². The minimum Gasteiger partial charge on any atom is -0.508 e. The van der Waals surface area contributed by atoms with Gasteiger partial charge in [-0.05, 0) is 31.0 Å². The Labute approximate surface area is 200 Å². The van der Waals surface area contributed by atoms with Crippen molar-refractivity contribution in [2.75, 3.05) is 6.61 Å². The van der Waals surface area contributed by atoms with Gasteiger partial charge >= 0.3 is 11.9 Å². The average Bonchev–Trinajstić information content (AvgIpc) is 2.79. The highest BCUT2D eigenvalue weighted by atomic mass is 16.4. The number of carbonyl (C=O) groups excluding carboxylic acids is 3. The van der Waals surface area contributed by atoms with E-state index in [4.69, 9.17) is 15.9 Å². The van der Waals surface area contributed by atoms with Gasteiger partial charge in [-0.1, -0.05) is 12.1 Å². The molecule has 5 atom stereocenters. The number of phenolic OH excluding ortho intramolecular Hbond substituents is 1. The van der Waals surface area contributed by atoms with Gasteiger partial charge < -0.3 is 47.2 Å². The van der Waals surface area contributed by atoms with Crippen molar-refractivity contribution < 1.29 is 49.5 Å². The minimum absolute atomic E-state index is 0.0597. The van der Waals surface area contributed by atoms with Crippen LogP contribution >= 0.6 is 0 Å². The quantitative estimate of drug-likeness (QED) is 0.125. The van der Waals surface area contributed by atoms with E-state index in [0.29, 0.717) is 5.56 Å². The first-order valence-electron chi connectivity index (χ1n) is 10.5. The zero-order chi connectivity index (χ0) is 26.7. The van der Waals surface area contributed by atoms with Gasteiger partial charge in [0, 0.05) is 12.8 Å². The number of nitrogens with one attached hydrogen (secondary N) is 3. The number of hydrogen-bond acceptors (Lipinski definition) is 9. The van der Waals surface area contributed by atoms with Gasteiger partial charge in [-0.15, -0.1) is 0 Å². The van der Waals surface area contributed by atoms with E-state index in [2.05, 4.69) is 16.0 Å². The standard InChI is InChI=1S/C21H30N4O10/c1-10(27)17(25-18(31)13(22)9-26)20(33)24-15(8-11-2-4-12(28)5-3-11)19(32)23-14(21(34)35)6-7-16(29)30/h2-5,10,13-15,17,26-28H,6-9,22H2,1H3,(H,23,32)(H,24,33)(H,25,31)(H,29,30)(H,34,35). The third-order valence-corrected chi connectivity index (χ3v) is 4.87. The monoisotopic (exact) mass is 498 g/mol. The van der Waals surface area contributed by atoms with Crippen molar-refractivity contribution in [1.82, 2.24) is 16.0 Å². The Hall–Kier alpha value is -3.75. The zero-order valence-electron chi connectivity index (χ0n) is 18.9. The number of aliphatic hydroxyl groups is 2. The normalized spacial score (nSPS) is 15.1. The summed E-state index contributed by atoms with van der Waals surface area (Å²) in [4.78, 5) is 59.9. The number of amides is 3. The Morgan fingerprint density at radius 2 is 1.49 bits per heavy atom. The van der Waals surface area contributed by atoms with Crippen LogP contribution in [0, 0.1) is 0 Å². The largest absolute Gasteiger partial charge is 0.508 e. The van der Waals surface area contributed by atoms with E-state index in [1.54, 1.807) is 0 Å². The Morgan fingerprint density at radius 1 is 0.914 bits per heavy atom. The van der Waals surface area contributed by atoms with Crippen molar-refractivity contribution in [3.63, 3.8) is 0 Å². The molecule has 0 aliphatic rings. The first-order chi connectivity index (χ1) is 16.3. The van der Waals surface area contributed by atoms with Gasteiger partial charge in [0.15, 0.2) is 0 Å². The molecule has 0 heterocycles. The van der Waals surface area contributed by atoms with E-state index < -0.39 is 79.4 Å². The Balaban J connectivity index is 3.13. The lowest BCUT2D eigenvalue weighted by atomic mass is 10.0. The SMILES string of the molecule is CC(O)C(NC(=O)C(N)CO)C(=O)NC(Cc1ccc(O)cc1)C(=O)NC(CCC(=O)O)C(=O)O. The molecule has 1 aromatic carbocycles. The summed E-state index contributed by atoms with van der Waals surface area (Å²) in [5.74, 6) is -5.72. The molecule has 0 fully saturated rings. The van der Waals surface area contributed by atoms with Crippen LogP contribution < -0.4 is 21.7 Å². The molecule has 0 saturated heterocycles. The first-order valence-corrected chi connectivity index (χ1v) is 10.5. The van der Waals surface area contributed by atoms with Crippen molar-refractivity contribution in [3.05, 3.63) is 29.8 Å². The van der Waals surface area contributed by atoms with E-state index in [1.807, 2.05) is 0 Å². The molecule has 0 aliphatic carbocycles. The Bertz CT molecular complexity index is 906. The Morgan fingerprint density at radius 3 is 1.97 bits per heavy atom. The molecule has 14 nitrogen and oxygen atoms in total. The number of hydrogen-bond donors (Lipinski definition) is 9. The maximum atomic E-state index is 12.9. The van der Waals surface area contributed by atoms with Crippen molar-refractivity contribution in [2.45, 2.75) is 56.5 Å². The zero-order valence-corrected chi connectivity index (χ0v) is 18.9. The first kappa shape index (κ1) is 29.3. The van der Waals surface area contributed by atoms with E-state index in [9.17, 15) is 39.3 Å². The number of aliphatic hydroxyl groups excluding tert-OH is 2. The van der Waals surface area contributed by atoms with Crippen molar-refractivity contribution in [3.8, 4) is 5.75 Å². The van der Waals surface area contributed by atoms with Gasteiger partial charge in [-0.2, -0.15) is 0 Å². The molecular formula is C21H30N4O10. The fourth-order valence-electron chi connectivity index (χ4n) is 2.88. The summed E-state index contributed by atoms with van der Waals surface area (Å²) in [6.07, 6.45) is -2.57. The van der Waals surface area contributed by atoms with E-state index in [0.717, 1.165) is 0 Å². The highest BCUT2D eigenvalue weighted by Crippen LogP contribution is 2.12. The molecule has 1 rings (SSSR count). The molecule has 0 aromatic heterocycles. The number of benzene rings is 1.